The Morgan fingerprint density at radius 3 is 2.20 bits per heavy atom. The van der Waals surface area contributed by atoms with Gasteiger partial charge in [0.2, 0.25) is 0 Å². The monoisotopic (exact) mass is 478 g/mol. The number of carbonyl (C=O) groups is 1. The van der Waals surface area contributed by atoms with Crippen LogP contribution in [0.15, 0.2) is 0 Å². The molecule has 1 aliphatic rings. The van der Waals surface area contributed by atoms with Crippen LogP contribution in [0.3, 0.4) is 0 Å². The summed E-state index contributed by atoms with van der Waals surface area (Å²) in [4.78, 5) is 10.9. The van der Waals surface area contributed by atoms with E-state index in [1.165, 1.54) is 8.86 Å². The van der Waals surface area contributed by atoms with Crippen molar-refractivity contribution in [2.75, 3.05) is 8.86 Å². The Kier molecular flexibility index (Phi) is 3.49. The summed E-state index contributed by atoms with van der Waals surface area (Å²) >= 11 is 4.79. The van der Waals surface area contributed by atoms with Crippen molar-refractivity contribution in [2.24, 2.45) is 11.7 Å². The van der Waals surface area contributed by atoms with E-state index in [0.717, 1.165) is 0 Å². The Morgan fingerprint density at radius 1 is 1.60 bits per heavy atom. The molecule has 1 rings (SSSR count). The first-order chi connectivity index (χ1) is 4.55. The van der Waals surface area contributed by atoms with Gasteiger partial charge in [-0.2, -0.15) is 0 Å². The number of halogens is 3. The molecule has 1 amide bonds. The van der Waals surface area contributed by atoms with Crippen LogP contribution in [0.2, 0.25) is 0 Å². The topological polar surface area (TPSA) is 43.1 Å². The van der Waals surface area contributed by atoms with Crippen LogP contribution in [-0.2, 0) is 4.79 Å². The van der Waals surface area contributed by atoms with Crippen molar-refractivity contribution in [1.82, 2.24) is 0 Å². The first-order valence-electron chi connectivity index (χ1n) is 2.76. The number of primary amides is 1. The molecule has 0 bridgehead atoms. The number of nitrogens with two attached hydrogens (primary N) is 1. The van der Waals surface area contributed by atoms with E-state index in [0.29, 0.717) is 27.1 Å². The van der Waals surface area contributed by atoms with Gasteiger partial charge in [-0.3, -0.25) is 0 Å². The summed E-state index contributed by atoms with van der Waals surface area (Å²) in [6.07, 6.45) is 0. The Hall–Kier alpha value is 1.66. The van der Waals surface area contributed by atoms with E-state index in [2.05, 4.69) is 45.2 Å². The molecule has 0 aliphatic carbocycles. The van der Waals surface area contributed by atoms with E-state index < -0.39 is 0 Å². The molecule has 1 fully saturated rings. The van der Waals surface area contributed by atoms with Crippen molar-refractivity contribution < 1.29 is 26.0 Å². The molecule has 0 aromatic rings. The second-order valence-electron chi connectivity index (χ2n) is 2.18. The molecule has 2 nitrogen and oxygen atoms in total. The van der Waals surface area contributed by atoms with Crippen molar-refractivity contribution in [3.05, 3.63) is 0 Å². The zero-order valence-electron chi connectivity index (χ0n) is 5.11. The van der Waals surface area contributed by atoms with Crippen molar-refractivity contribution in [1.29, 1.82) is 0 Å². The summed E-state index contributed by atoms with van der Waals surface area (Å²) in [7, 11) is 0. The second-order valence-corrected chi connectivity index (χ2v) is 10.5. The van der Waals surface area contributed by atoms with Gasteiger partial charge in [-0.1, -0.05) is 0 Å². The Bertz CT molecular complexity index is 155. The molecule has 10 heavy (non-hydrogen) atoms. The van der Waals surface area contributed by atoms with E-state index in [4.69, 9.17) is 5.73 Å². The molecule has 0 aromatic heterocycles. The van der Waals surface area contributed by atoms with Gasteiger partial charge in [0.05, 0.1) is 0 Å². The van der Waals surface area contributed by atoms with Crippen LogP contribution < -0.4 is 26.9 Å². The van der Waals surface area contributed by atoms with Gasteiger partial charge in [0.15, 0.2) is 0 Å². The molecular formula is C5H7I3NO-. The molecule has 1 heterocycles. The van der Waals surface area contributed by atoms with Gasteiger partial charge in [0.1, 0.15) is 0 Å². The van der Waals surface area contributed by atoms with Gasteiger partial charge >= 0.3 is 99.0 Å². The fourth-order valence-electron chi connectivity index (χ4n) is 0.613. The molecule has 0 spiro atoms. The van der Waals surface area contributed by atoms with Crippen LogP contribution in [0.5, 0.6) is 0 Å². The maximum absolute atomic E-state index is 10.9. The number of hydrogen-bond donors (Lipinski definition) is 1. The number of carbonyl (C=O) groups excluding carboxylic acids is 1. The Labute approximate surface area is 97.6 Å². The van der Waals surface area contributed by atoms with Gasteiger partial charge in [0.25, 0.3) is 0 Å². The van der Waals surface area contributed by atoms with E-state index in [1.807, 2.05) is 0 Å². The predicted octanol–water partition coefficient (Wildman–Crippen LogP) is -2.24. The fourth-order valence-corrected chi connectivity index (χ4v) is 7.43. The molecule has 1 saturated heterocycles. The first kappa shape index (κ1) is 9.75. The van der Waals surface area contributed by atoms with Crippen LogP contribution >= 0.6 is 45.2 Å². The molecule has 0 unspecified atom stereocenters. The van der Waals surface area contributed by atoms with Crippen LogP contribution in [0.25, 0.3) is 0 Å². The van der Waals surface area contributed by atoms with E-state index in [-0.39, 0.29) is 7.34 Å². The summed E-state index contributed by atoms with van der Waals surface area (Å²) in [5.74, 6) is 0.404. The molecule has 60 valence electrons. The quantitative estimate of drug-likeness (QED) is 0.355. The van der Waals surface area contributed by atoms with Crippen LogP contribution in [0.4, 0.5) is 0 Å². The zero-order chi connectivity index (χ0) is 7.78. The van der Waals surface area contributed by atoms with E-state index in [1.54, 1.807) is 0 Å². The maximum atomic E-state index is 10.9. The van der Waals surface area contributed by atoms with E-state index in [9.17, 15) is 4.79 Å². The van der Waals surface area contributed by atoms with Gasteiger partial charge in [-0.05, 0) is 0 Å². The Balaban J connectivity index is 2.57. The number of rotatable bonds is 2. The normalized spacial score (nSPS) is 21.0. The number of alkyl halides is 4. The summed E-state index contributed by atoms with van der Waals surface area (Å²) in [6, 6.07) is 0. The molecule has 1 aliphatic heterocycles. The summed E-state index contributed by atoms with van der Waals surface area (Å²) < 4.78 is 2.24. The van der Waals surface area contributed by atoms with Crippen LogP contribution in [-0.4, -0.2) is 16.2 Å². The van der Waals surface area contributed by atoms with E-state index >= 15 is 0 Å². The first-order valence-corrected chi connectivity index (χ1v) is 7.97. The SMILES string of the molecule is NC(=O)C(I)(I)C1C[I-]C1. The van der Waals surface area contributed by atoms with Crippen molar-refractivity contribution in [3.63, 3.8) is 0 Å². The molecule has 2 N–H and O–H groups in total. The van der Waals surface area contributed by atoms with Gasteiger partial charge in [0, 0.05) is 0 Å². The average Bonchev–Trinajstić information content (AvgIpc) is 1.57. The molecule has 0 aromatic carbocycles. The van der Waals surface area contributed by atoms with Crippen molar-refractivity contribution in [3.8, 4) is 0 Å². The number of amides is 1. The van der Waals surface area contributed by atoms with Gasteiger partial charge in [-0.15, -0.1) is 0 Å². The Morgan fingerprint density at radius 2 is 2.10 bits per heavy atom. The summed E-state index contributed by atoms with van der Waals surface area (Å²) in [5.41, 5.74) is 5.24. The third-order valence-corrected chi connectivity index (χ3v) is 7.63. The minimum atomic E-state index is -0.298. The summed E-state index contributed by atoms with van der Waals surface area (Å²) in [5, 5.41) is 0. The number of hydrogen-bond acceptors (Lipinski definition) is 1. The standard InChI is InChI=1S/C5H7I3NO/c6-5(7,4(9)10)3-1-8-2-3/h3H,1-2H2,(H2,9,10)/q-1. The average molecular weight is 478 g/mol. The van der Waals surface area contributed by atoms with Gasteiger partial charge < -0.3 is 0 Å². The fraction of sp³-hybridized carbons (Fsp3) is 0.800. The van der Waals surface area contributed by atoms with Gasteiger partial charge in [-0.25, -0.2) is 0 Å². The molecule has 0 radical (unpaired) electrons. The molecular weight excluding hydrogens is 471 g/mol. The zero-order valence-corrected chi connectivity index (χ0v) is 11.6. The molecule has 0 saturated carbocycles. The molecule has 0 atom stereocenters. The second kappa shape index (κ2) is 3.58. The van der Waals surface area contributed by atoms with Crippen molar-refractivity contribution >= 4 is 51.1 Å². The third kappa shape index (κ3) is 1.87. The minimum absolute atomic E-state index is 0.164. The predicted molar refractivity (Wildman–Crippen MR) is 53.2 cm³/mol. The van der Waals surface area contributed by atoms with Crippen molar-refractivity contribution in [2.45, 2.75) is 1.43 Å². The van der Waals surface area contributed by atoms with Crippen LogP contribution in [0, 0.1) is 5.92 Å². The molecule has 5 heteroatoms. The third-order valence-electron chi connectivity index (χ3n) is 1.43. The van der Waals surface area contributed by atoms with Crippen LogP contribution in [0.1, 0.15) is 0 Å². The summed E-state index contributed by atoms with van der Waals surface area (Å²) in [6.45, 7) is 0.